The number of halogens is 1. The number of carboxylic acids is 1. The molecule has 2 aromatic rings. The SMILES string of the molecule is O=C(O)c1cccc(CNCc2ccc(Br)cc2)c1. The maximum absolute atomic E-state index is 10.9. The van der Waals surface area contributed by atoms with Crippen molar-refractivity contribution in [1.82, 2.24) is 5.32 Å². The minimum Gasteiger partial charge on any atom is -0.478 e. The molecule has 2 N–H and O–H groups in total. The van der Waals surface area contributed by atoms with E-state index in [1.807, 2.05) is 30.3 Å². The van der Waals surface area contributed by atoms with Gasteiger partial charge in [-0.15, -0.1) is 0 Å². The maximum Gasteiger partial charge on any atom is 0.335 e. The van der Waals surface area contributed by atoms with Crippen molar-refractivity contribution in [2.75, 3.05) is 0 Å². The van der Waals surface area contributed by atoms with E-state index < -0.39 is 5.97 Å². The van der Waals surface area contributed by atoms with Crippen LogP contribution in [0.1, 0.15) is 21.5 Å². The zero-order valence-corrected chi connectivity index (χ0v) is 11.9. The number of rotatable bonds is 5. The summed E-state index contributed by atoms with van der Waals surface area (Å²) in [6, 6.07) is 15.1. The van der Waals surface area contributed by atoms with E-state index in [-0.39, 0.29) is 0 Å². The molecule has 98 valence electrons. The zero-order valence-electron chi connectivity index (χ0n) is 10.3. The van der Waals surface area contributed by atoms with Gasteiger partial charge in [0.25, 0.3) is 0 Å². The Morgan fingerprint density at radius 3 is 2.42 bits per heavy atom. The summed E-state index contributed by atoms with van der Waals surface area (Å²) < 4.78 is 1.06. The molecule has 0 aliphatic carbocycles. The van der Waals surface area contributed by atoms with E-state index in [1.54, 1.807) is 18.2 Å². The third-order valence-electron chi connectivity index (χ3n) is 2.75. The Labute approximate surface area is 120 Å². The lowest BCUT2D eigenvalue weighted by atomic mass is 10.1. The molecule has 0 amide bonds. The standard InChI is InChI=1S/C15H14BrNO2/c16-14-6-4-11(5-7-14)9-17-10-12-2-1-3-13(8-12)15(18)19/h1-8,17H,9-10H2,(H,18,19). The van der Waals surface area contributed by atoms with Gasteiger partial charge >= 0.3 is 5.97 Å². The topological polar surface area (TPSA) is 49.3 Å². The van der Waals surface area contributed by atoms with Crippen molar-refractivity contribution in [3.05, 3.63) is 69.7 Å². The van der Waals surface area contributed by atoms with Crippen LogP contribution >= 0.6 is 15.9 Å². The first kappa shape index (κ1) is 13.8. The average Bonchev–Trinajstić information content (AvgIpc) is 2.41. The third kappa shape index (κ3) is 4.19. The molecule has 0 saturated carbocycles. The van der Waals surface area contributed by atoms with Gasteiger partial charge in [0.1, 0.15) is 0 Å². The Kier molecular flexibility index (Phi) is 4.71. The van der Waals surface area contributed by atoms with Crippen molar-refractivity contribution in [2.24, 2.45) is 0 Å². The second-order valence-corrected chi connectivity index (χ2v) is 5.15. The molecule has 0 radical (unpaired) electrons. The van der Waals surface area contributed by atoms with Crippen LogP contribution in [0.2, 0.25) is 0 Å². The molecule has 4 heteroatoms. The van der Waals surface area contributed by atoms with E-state index in [9.17, 15) is 4.79 Å². The predicted octanol–water partition coefficient (Wildman–Crippen LogP) is 3.44. The van der Waals surface area contributed by atoms with Crippen LogP contribution in [0.3, 0.4) is 0 Å². The Hall–Kier alpha value is -1.65. The second-order valence-electron chi connectivity index (χ2n) is 4.24. The highest BCUT2D eigenvalue weighted by molar-refractivity contribution is 9.10. The number of carboxylic acid groups (broad SMARTS) is 1. The van der Waals surface area contributed by atoms with Gasteiger partial charge in [0, 0.05) is 17.6 Å². The summed E-state index contributed by atoms with van der Waals surface area (Å²) in [5, 5.41) is 12.2. The number of benzene rings is 2. The summed E-state index contributed by atoms with van der Waals surface area (Å²) >= 11 is 3.40. The van der Waals surface area contributed by atoms with Crippen LogP contribution < -0.4 is 5.32 Å². The lowest BCUT2D eigenvalue weighted by molar-refractivity contribution is 0.0696. The van der Waals surface area contributed by atoms with Gasteiger partial charge in [-0.25, -0.2) is 4.79 Å². The minimum absolute atomic E-state index is 0.322. The molecule has 0 heterocycles. The van der Waals surface area contributed by atoms with Crippen LogP contribution in [0, 0.1) is 0 Å². The third-order valence-corrected chi connectivity index (χ3v) is 3.27. The number of aromatic carboxylic acids is 1. The van der Waals surface area contributed by atoms with Crippen LogP contribution in [0.4, 0.5) is 0 Å². The zero-order chi connectivity index (χ0) is 13.7. The van der Waals surface area contributed by atoms with E-state index >= 15 is 0 Å². The lowest BCUT2D eigenvalue weighted by Crippen LogP contribution is -2.13. The maximum atomic E-state index is 10.9. The van der Waals surface area contributed by atoms with E-state index in [4.69, 9.17) is 5.11 Å². The molecule has 0 fully saturated rings. The summed E-state index contributed by atoms with van der Waals surface area (Å²) in [6.07, 6.45) is 0. The summed E-state index contributed by atoms with van der Waals surface area (Å²) in [5.41, 5.74) is 2.48. The van der Waals surface area contributed by atoms with Gasteiger partial charge in [0.2, 0.25) is 0 Å². The fraction of sp³-hybridized carbons (Fsp3) is 0.133. The molecule has 0 aliphatic rings. The Morgan fingerprint density at radius 2 is 1.74 bits per heavy atom. The lowest BCUT2D eigenvalue weighted by Gasteiger charge is -2.06. The first-order valence-corrected chi connectivity index (χ1v) is 6.72. The van der Waals surface area contributed by atoms with Crippen molar-refractivity contribution < 1.29 is 9.90 Å². The number of hydrogen-bond donors (Lipinski definition) is 2. The van der Waals surface area contributed by atoms with Crippen LogP contribution in [0.15, 0.2) is 53.0 Å². The Balaban J connectivity index is 1.90. The molecule has 0 bridgehead atoms. The molecule has 2 rings (SSSR count). The quantitative estimate of drug-likeness (QED) is 0.887. The Bertz CT molecular complexity index is 567. The minimum atomic E-state index is -0.894. The van der Waals surface area contributed by atoms with Crippen LogP contribution in [-0.4, -0.2) is 11.1 Å². The van der Waals surface area contributed by atoms with E-state index in [2.05, 4.69) is 21.2 Å². The van der Waals surface area contributed by atoms with Gasteiger partial charge in [0.15, 0.2) is 0 Å². The summed E-state index contributed by atoms with van der Waals surface area (Å²) in [5.74, 6) is -0.894. The fourth-order valence-electron chi connectivity index (χ4n) is 1.77. The molecule has 3 nitrogen and oxygen atoms in total. The fourth-order valence-corrected chi connectivity index (χ4v) is 2.03. The van der Waals surface area contributed by atoms with Crippen molar-refractivity contribution >= 4 is 21.9 Å². The number of carbonyl (C=O) groups is 1. The highest BCUT2D eigenvalue weighted by Crippen LogP contribution is 2.10. The summed E-state index contributed by atoms with van der Waals surface area (Å²) in [7, 11) is 0. The van der Waals surface area contributed by atoms with Gasteiger partial charge in [0.05, 0.1) is 5.56 Å². The Morgan fingerprint density at radius 1 is 1.05 bits per heavy atom. The van der Waals surface area contributed by atoms with Gasteiger partial charge in [-0.2, -0.15) is 0 Å². The summed E-state index contributed by atoms with van der Waals surface area (Å²) in [4.78, 5) is 10.9. The second kappa shape index (κ2) is 6.50. The summed E-state index contributed by atoms with van der Waals surface area (Å²) in [6.45, 7) is 1.40. The van der Waals surface area contributed by atoms with Gasteiger partial charge in [-0.1, -0.05) is 40.2 Å². The van der Waals surface area contributed by atoms with E-state index in [0.29, 0.717) is 12.1 Å². The van der Waals surface area contributed by atoms with Crippen molar-refractivity contribution in [3.63, 3.8) is 0 Å². The average molecular weight is 320 g/mol. The molecular weight excluding hydrogens is 306 g/mol. The first-order chi connectivity index (χ1) is 9.15. The van der Waals surface area contributed by atoms with E-state index in [1.165, 1.54) is 5.56 Å². The molecule has 2 aromatic carbocycles. The van der Waals surface area contributed by atoms with Crippen LogP contribution in [0.25, 0.3) is 0 Å². The van der Waals surface area contributed by atoms with Crippen LogP contribution in [-0.2, 0) is 13.1 Å². The highest BCUT2D eigenvalue weighted by atomic mass is 79.9. The van der Waals surface area contributed by atoms with Crippen molar-refractivity contribution in [3.8, 4) is 0 Å². The van der Waals surface area contributed by atoms with Gasteiger partial charge in [-0.3, -0.25) is 0 Å². The molecular formula is C15H14BrNO2. The largest absolute Gasteiger partial charge is 0.478 e. The first-order valence-electron chi connectivity index (χ1n) is 5.92. The van der Waals surface area contributed by atoms with Gasteiger partial charge in [-0.05, 0) is 35.4 Å². The smallest absolute Gasteiger partial charge is 0.335 e. The molecule has 0 aliphatic heterocycles. The molecule has 0 spiro atoms. The van der Waals surface area contributed by atoms with Crippen molar-refractivity contribution in [2.45, 2.75) is 13.1 Å². The van der Waals surface area contributed by atoms with E-state index in [0.717, 1.165) is 16.6 Å². The number of nitrogens with one attached hydrogen (secondary N) is 1. The highest BCUT2D eigenvalue weighted by Gasteiger charge is 2.02. The molecule has 19 heavy (non-hydrogen) atoms. The predicted molar refractivity (Wildman–Crippen MR) is 78.1 cm³/mol. The monoisotopic (exact) mass is 319 g/mol. The van der Waals surface area contributed by atoms with Crippen LogP contribution in [0.5, 0.6) is 0 Å². The van der Waals surface area contributed by atoms with Crippen molar-refractivity contribution in [1.29, 1.82) is 0 Å². The normalized spacial score (nSPS) is 10.4. The number of hydrogen-bond acceptors (Lipinski definition) is 2. The molecule has 0 atom stereocenters. The molecule has 0 unspecified atom stereocenters. The van der Waals surface area contributed by atoms with Gasteiger partial charge < -0.3 is 10.4 Å². The molecule has 0 aromatic heterocycles. The molecule has 0 saturated heterocycles.